The van der Waals surface area contributed by atoms with E-state index < -0.39 is 5.97 Å². The van der Waals surface area contributed by atoms with E-state index in [2.05, 4.69) is 25.2 Å². The van der Waals surface area contributed by atoms with Crippen molar-refractivity contribution in [2.24, 2.45) is 10.2 Å². The monoisotopic (exact) mass is 389 g/mol. The standard InChI is InChI=1S/C20H15N5O2S/c1-12-16-18(28-17(12)14-4-6-15(7-5-14)20(26)27)19(23-11-22-16)25-24-10-13-3-2-8-21-9-13/h2-9,11H,10H2,1H3,(H,26,27). The summed E-state index contributed by atoms with van der Waals surface area (Å²) in [5, 5.41) is 17.6. The average molecular weight is 389 g/mol. The number of hydrogen-bond donors (Lipinski definition) is 1. The van der Waals surface area contributed by atoms with Crippen molar-refractivity contribution in [3.05, 3.63) is 71.8 Å². The van der Waals surface area contributed by atoms with Crippen molar-refractivity contribution in [2.75, 3.05) is 0 Å². The van der Waals surface area contributed by atoms with Crippen molar-refractivity contribution in [3.8, 4) is 10.4 Å². The van der Waals surface area contributed by atoms with E-state index in [-0.39, 0.29) is 5.56 Å². The second kappa shape index (κ2) is 7.61. The minimum absolute atomic E-state index is 0.257. The highest BCUT2D eigenvalue weighted by molar-refractivity contribution is 7.23. The lowest BCUT2D eigenvalue weighted by Gasteiger charge is -2.00. The van der Waals surface area contributed by atoms with Gasteiger partial charge in [0, 0.05) is 17.3 Å². The molecule has 3 heterocycles. The number of carboxylic acids is 1. The first-order valence-electron chi connectivity index (χ1n) is 8.47. The Kier molecular flexibility index (Phi) is 4.86. The molecular formula is C20H15N5O2S. The van der Waals surface area contributed by atoms with Gasteiger partial charge in [-0.05, 0) is 41.8 Å². The highest BCUT2D eigenvalue weighted by Crippen LogP contribution is 2.40. The van der Waals surface area contributed by atoms with Gasteiger partial charge in [0.15, 0.2) is 5.82 Å². The summed E-state index contributed by atoms with van der Waals surface area (Å²) in [6.45, 7) is 2.41. The molecule has 8 heteroatoms. The normalized spacial score (nSPS) is 11.3. The van der Waals surface area contributed by atoms with Crippen LogP contribution in [-0.2, 0) is 6.54 Å². The van der Waals surface area contributed by atoms with Crippen LogP contribution in [0.4, 0.5) is 5.82 Å². The highest BCUT2D eigenvalue weighted by Gasteiger charge is 2.15. The van der Waals surface area contributed by atoms with Crippen molar-refractivity contribution < 1.29 is 9.90 Å². The van der Waals surface area contributed by atoms with Crippen LogP contribution in [-0.4, -0.2) is 26.0 Å². The van der Waals surface area contributed by atoms with E-state index in [4.69, 9.17) is 5.11 Å². The van der Waals surface area contributed by atoms with Crippen molar-refractivity contribution in [2.45, 2.75) is 13.5 Å². The summed E-state index contributed by atoms with van der Waals surface area (Å²) in [4.78, 5) is 24.8. The van der Waals surface area contributed by atoms with Crippen molar-refractivity contribution in [1.82, 2.24) is 15.0 Å². The second-order valence-electron chi connectivity index (χ2n) is 6.07. The van der Waals surface area contributed by atoms with Crippen molar-refractivity contribution in [1.29, 1.82) is 0 Å². The van der Waals surface area contributed by atoms with Gasteiger partial charge in [0.1, 0.15) is 11.0 Å². The van der Waals surface area contributed by atoms with Gasteiger partial charge in [-0.15, -0.1) is 16.5 Å². The predicted octanol–water partition coefficient (Wildman–Crippen LogP) is 5.04. The molecule has 0 amide bonds. The molecule has 28 heavy (non-hydrogen) atoms. The number of hydrogen-bond acceptors (Lipinski definition) is 7. The Bertz CT molecular complexity index is 1170. The van der Waals surface area contributed by atoms with Gasteiger partial charge >= 0.3 is 5.97 Å². The van der Waals surface area contributed by atoms with Gasteiger partial charge in [0.2, 0.25) is 0 Å². The molecule has 0 saturated heterocycles. The molecule has 138 valence electrons. The Balaban J connectivity index is 1.68. The fourth-order valence-electron chi connectivity index (χ4n) is 2.80. The zero-order chi connectivity index (χ0) is 19.5. The maximum absolute atomic E-state index is 11.1. The van der Waals surface area contributed by atoms with E-state index >= 15 is 0 Å². The molecule has 4 rings (SSSR count). The number of aromatic carboxylic acids is 1. The molecule has 0 unspecified atom stereocenters. The third-order valence-corrected chi connectivity index (χ3v) is 5.55. The summed E-state index contributed by atoms with van der Waals surface area (Å²) in [7, 11) is 0. The first kappa shape index (κ1) is 17.9. The molecule has 0 bridgehead atoms. The van der Waals surface area contributed by atoms with Crippen molar-refractivity contribution >= 4 is 33.3 Å². The van der Waals surface area contributed by atoms with Gasteiger partial charge in [-0.2, -0.15) is 5.11 Å². The zero-order valence-corrected chi connectivity index (χ0v) is 15.7. The number of benzene rings is 1. The van der Waals surface area contributed by atoms with E-state index in [0.29, 0.717) is 12.4 Å². The van der Waals surface area contributed by atoms with Gasteiger partial charge in [-0.1, -0.05) is 18.2 Å². The molecule has 0 atom stereocenters. The summed E-state index contributed by atoms with van der Waals surface area (Å²) >= 11 is 1.53. The van der Waals surface area contributed by atoms with Crippen molar-refractivity contribution in [3.63, 3.8) is 0 Å². The maximum Gasteiger partial charge on any atom is 0.335 e. The number of nitrogens with zero attached hydrogens (tertiary/aromatic N) is 5. The van der Waals surface area contributed by atoms with E-state index in [0.717, 1.165) is 31.8 Å². The minimum Gasteiger partial charge on any atom is -0.478 e. The third kappa shape index (κ3) is 3.49. The Morgan fingerprint density at radius 1 is 1.18 bits per heavy atom. The molecule has 7 nitrogen and oxygen atoms in total. The Morgan fingerprint density at radius 3 is 2.71 bits per heavy atom. The molecule has 0 aliphatic carbocycles. The third-order valence-electron chi connectivity index (χ3n) is 4.22. The lowest BCUT2D eigenvalue weighted by Crippen LogP contribution is -1.94. The molecule has 0 spiro atoms. The van der Waals surface area contributed by atoms with Gasteiger partial charge in [-0.3, -0.25) is 4.98 Å². The topological polar surface area (TPSA) is 101 Å². The number of rotatable bonds is 5. The number of pyridine rings is 1. The number of carbonyl (C=O) groups is 1. The summed E-state index contributed by atoms with van der Waals surface area (Å²) < 4.78 is 0.854. The van der Waals surface area contributed by atoms with Crippen LogP contribution in [0.2, 0.25) is 0 Å². The van der Waals surface area contributed by atoms with Crippen LogP contribution in [0.15, 0.2) is 65.3 Å². The van der Waals surface area contributed by atoms with E-state index in [1.165, 1.54) is 17.7 Å². The lowest BCUT2D eigenvalue weighted by atomic mass is 10.1. The Morgan fingerprint density at radius 2 is 2.00 bits per heavy atom. The van der Waals surface area contributed by atoms with E-state index in [1.54, 1.807) is 36.7 Å². The van der Waals surface area contributed by atoms with Crippen LogP contribution in [0.3, 0.4) is 0 Å². The summed E-state index contributed by atoms with van der Waals surface area (Å²) in [6.07, 6.45) is 4.95. The summed E-state index contributed by atoms with van der Waals surface area (Å²) in [5.74, 6) is -0.419. The number of aryl methyl sites for hydroxylation is 1. The van der Waals surface area contributed by atoms with Gasteiger partial charge in [0.25, 0.3) is 0 Å². The number of thiophene rings is 1. The molecule has 0 saturated carbocycles. The van der Waals surface area contributed by atoms with E-state index in [1.807, 2.05) is 19.1 Å². The second-order valence-corrected chi connectivity index (χ2v) is 7.10. The lowest BCUT2D eigenvalue weighted by molar-refractivity contribution is 0.0697. The first-order valence-corrected chi connectivity index (χ1v) is 9.29. The predicted molar refractivity (Wildman–Crippen MR) is 107 cm³/mol. The Hall–Kier alpha value is -3.52. The number of azo groups is 1. The minimum atomic E-state index is -0.943. The molecule has 3 aromatic heterocycles. The molecule has 0 fully saturated rings. The molecule has 1 N–H and O–H groups in total. The summed E-state index contributed by atoms with van der Waals surface area (Å²) in [6, 6.07) is 10.6. The average Bonchev–Trinajstić information content (AvgIpc) is 3.06. The highest BCUT2D eigenvalue weighted by atomic mass is 32.1. The maximum atomic E-state index is 11.1. The van der Waals surface area contributed by atoms with Gasteiger partial charge in [-0.25, -0.2) is 14.8 Å². The largest absolute Gasteiger partial charge is 0.478 e. The van der Waals surface area contributed by atoms with Crippen LogP contribution in [0.1, 0.15) is 21.5 Å². The van der Waals surface area contributed by atoms with E-state index in [9.17, 15) is 4.79 Å². The SMILES string of the molecule is Cc1c(-c2ccc(C(=O)O)cc2)sc2c(N=NCc3cccnc3)ncnc12. The molecule has 0 aliphatic rings. The van der Waals surface area contributed by atoms with Gasteiger partial charge < -0.3 is 5.11 Å². The molecule has 0 aliphatic heterocycles. The number of aromatic nitrogens is 3. The zero-order valence-electron chi connectivity index (χ0n) is 14.9. The Labute approximate surface area is 164 Å². The van der Waals surface area contributed by atoms with Crippen LogP contribution in [0.5, 0.6) is 0 Å². The van der Waals surface area contributed by atoms with Gasteiger partial charge in [0.05, 0.1) is 17.6 Å². The first-order chi connectivity index (χ1) is 13.6. The molecule has 4 aromatic rings. The van der Waals surface area contributed by atoms with Crippen LogP contribution < -0.4 is 0 Å². The molecular weight excluding hydrogens is 374 g/mol. The number of fused-ring (bicyclic) bond motifs is 1. The fraction of sp³-hybridized carbons (Fsp3) is 0.100. The quantitative estimate of drug-likeness (QED) is 0.482. The van der Waals surface area contributed by atoms with Crippen LogP contribution in [0, 0.1) is 6.92 Å². The van der Waals surface area contributed by atoms with Crippen LogP contribution in [0.25, 0.3) is 20.7 Å². The fourth-order valence-corrected chi connectivity index (χ4v) is 3.99. The van der Waals surface area contributed by atoms with Crippen LogP contribution >= 0.6 is 11.3 Å². The number of carboxylic acid groups (broad SMARTS) is 1. The summed E-state index contributed by atoms with van der Waals surface area (Å²) in [5.41, 5.74) is 4.00. The molecule has 1 aromatic carbocycles. The smallest absolute Gasteiger partial charge is 0.335 e. The molecule has 0 radical (unpaired) electrons.